The van der Waals surface area contributed by atoms with Gasteiger partial charge in [0, 0.05) is 17.4 Å². The van der Waals surface area contributed by atoms with Gasteiger partial charge in [0.25, 0.3) is 5.91 Å². The van der Waals surface area contributed by atoms with E-state index in [-0.39, 0.29) is 17.5 Å². The summed E-state index contributed by atoms with van der Waals surface area (Å²) in [6.07, 6.45) is 0. The fraction of sp³-hybridized carbons (Fsp3) is 0.100. The van der Waals surface area contributed by atoms with E-state index in [9.17, 15) is 9.18 Å². The summed E-state index contributed by atoms with van der Waals surface area (Å²) in [7, 11) is 0. The molecule has 0 aliphatic rings. The minimum Gasteiger partial charge on any atom is -0.457 e. The molecule has 6 heteroatoms. The highest BCUT2D eigenvalue weighted by Gasteiger charge is 2.13. The van der Waals surface area contributed by atoms with E-state index >= 15 is 0 Å². The second-order valence-corrected chi connectivity index (χ2v) is 5.86. The number of benzene rings is 2. The Hall–Kier alpha value is -3.41. The molecule has 132 valence electrons. The summed E-state index contributed by atoms with van der Waals surface area (Å²) in [5, 5.41) is 2.77. The van der Waals surface area contributed by atoms with Crippen LogP contribution in [0.3, 0.4) is 0 Å². The number of nitrogens with one attached hydrogen (secondary N) is 1. The van der Waals surface area contributed by atoms with Gasteiger partial charge in [-0.05, 0) is 61.9 Å². The van der Waals surface area contributed by atoms with Crippen LogP contribution in [0.1, 0.15) is 21.6 Å². The van der Waals surface area contributed by atoms with E-state index in [0.29, 0.717) is 22.7 Å². The van der Waals surface area contributed by atoms with E-state index in [4.69, 9.17) is 10.5 Å². The van der Waals surface area contributed by atoms with Crippen molar-refractivity contribution in [1.82, 2.24) is 4.98 Å². The summed E-state index contributed by atoms with van der Waals surface area (Å²) >= 11 is 0. The molecule has 1 heterocycles. The number of amides is 1. The Morgan fingerprint density at radius 3 is 2.50 bits per heavy atom. The van der Waals surface area contributed by atoms with Crippen LogP contribution in [0, 0.1) is 19.7 Å². The average Bonchev–Trinajstić information content (AvgIpc) is 2.60. The minimum absolute atomic E-state index is 0.191. The number of pyridine rings is 1. The maximum Gasteiger partial charge on any atom is 0.259 e. The van der Waals surface area contributed by atoms with Gasteiger partial charge in [-0.1, -0.05) is 6.07 Å². The fourth-order valence-corrected chi connectivity index (χ4v) is 2.38. The van der Waals surface area contributed by atoms with Crippen molar-refractivity contribution in [3.63, 3.8) is 0 Å². The zero-order valence-corrected chi connectivity index (χ0v) is 14.4. The van der Waals surface area contributed by atoms with Crippen LogP contribution in [0.4, 0.5) is 15.9 Å². The van der Waals surface area contributed by atoms with Crippen LogP contribution in [-0.4, -0.2) is 10.9 Å². The van der Waals surface area contributed by atoms with Crippen molar-refractivity contribution in [3.8, 4) is 11.5 Å². The van der Waals surface area contributed by atoms with Crippen LogP contribution in [0.2, 0.25) is 0 Å². The van der Waals surface area contributed by atoms with Gasteiger partial charge in [-0.25, -0.2) is 9.37 Å². The first-order valence-electron chi connectivity index (χ1n) is 8.01. The molecule has 0 atom stereocenters. The van der Waals surface area contributed by atoms with E-state index in [2.05, 4.69) is 10.3 Å². The van der Waals surface area contributed by atoms with Crippen molar-refractivity contribution in [2.24, 2.45) is 0 Å². The molecule has 26 heavy (non-hydrogen) atoms. The summed E-state index contributed by atoms with van der Waals surface area (Å²) in [4.78, 5) is 16.6. The molecule has 3 rings (SSSR count). The Morgan fingerprint density at radius 2 is 1.81 bits per heavy atom. The number of aromatic nitrogens is 1. The number of hydrogen-bond donors (Lipinski definition) is 2. The number of nitrogens with zero attached hydrogens (tertiary/aromatic N) is 1. The van der Waals surface area contributed by atoms with Gasteiger partial charge >= 0.3 is 0 Å². The molecule has 1 aromatic heterocycles. The number of aryl methyl sites for hydroxylation is 2. The Balaban J connectivity index is 1.71. The molecule has 0 spiro atoms. The first-order valence-corrected chi connectivity index (χ1v) is 8.01. The van der Waals surface area contributed by atoms with Crippen molar-refractivity contribution >= 4 is 17.4 Å². The lowest BCUT2D eigenvalue weighted by Crippen LogP contribution is -2.15. The number of anilines is 2. The van der Waals surface area contributed by atoms with Crippen LogP contribution in [0.25, 0.3) is 0 Å². The van der Waals surface area contributed by atoms with Crippen LogP contribution in [-0.2, 0) is 0 Å². The smallest absolute Gasteiger partial charge is 0.259 e. The maximum atomic E-state index is 13.2. The Bertz CT molecular complexity index is 956. The summed E-state index contributed by atoms with van der Waals surface area (Å²) in [5.41, 5.74) is 8.44. The number of halogens is 1. The number of rotatable bonds is 4. The number of nitrogens with two attached hydrogens (primary N) is 1. The van der Waals surface area contributed by atoms with Crippen LogP contribution in [0.15, 0.2) is 54.6 Å². The molecule has 1 amide bonds. The molecule has 0 saturated carbocycles. The Morgan fingerprint density at radius 1 is 1.08 bits per heavy atom. The average molecular weight is 351 g/mol. The Kier molecular flexibility index (Phi) is 4.84. The summed E-state index contributed by atoms with van der Waals surface area (Å²) in [6, 6.07) is 14.3. The van der Waals surface area contributed by atoms with Crippen molar-refractivity contribution in [1.29, 1.82) is 0 Å². The predicted molar refractivity (Wildman–Crippen MR) is 99.0 cm³/mol. The predicted octanol–water partition coefficient (Wildman–Crippen LogP) is 4.46. The standard InChI is InChI=1S/C20H18FN3O2/c1-12-10-18(19(22)23-13(12)2)20(25)24-15-6-8-16(9-7-15)26-17-5-3-4-14(21)11-17/h3-11H,1-2H3,(H2,22,23)(H,24,25). The molecule has 3 aromatic rings. The topological polar surface area (TPSA) is 77.2 Å². The highest BCUT2D eigenvalue weighted by molar-refractivity contribution is 6.07. The summed E-state index contributed by atoms with van der Waals surface area (Å²) in [5.74, 6) is 0.413. The van der Waals surface area contributed by atoms with Crippen LogP contribution in [0.5, 0.6) is 11.5 Å². The lowest BCUT2D eigenvalue weighted by molar-refractivity contribution is 0.102. The van der Waals surface area contributed by atoms with Gasteiger partial charge in [-0.15, -0.1) is 0 Å². The highest BCUT2D eigenvalue weighted by atomic mass is 19.1. The highest BCUT2D eigenvalue weighted by Crippen LogP contribution is 2.24. The molecule has 0 aliphatic heterocycles. The van der Waals surface area contributed by atoms with E-state index in [0.717, 1.165) is 11.3 Å². The summed E-state index contributed by atoms with van der Waals surface area (Å²) in [6.45, 7) is 3.71. The van der Waals surface area contributed by atoms with Gasteiger partial charge in [0.15, 0.2) is 0 Å². The molecule has 0 unspecified atom stereocenters. The van der Waals surface area contributed by atoms with Crippen molar-refractivity contribution in [2.45, 2.75) is 13.8 Å². The van der Waals surface area contributed by atoms with Gasteiger partial charge < -0.3 is 15.8 Å². The monoisotopic (exact) mass is 351 g/mol. The quantitative estimate of drug-likeness (QED) is 0.727. The molecule has 0 saturated heterocycles. The van der Waals surface area contributed by atoms with Crippen LogP contribution < -0.4 is 15.8 Å². The minimum atomic E-state index is -0.369. The lowest BCUT2D eigenvalue weighted by Gasteiger charge is -2.10. The molecule has 0 aliphatic carbocycles. The van der Waals surface area contributed by atoms with Crippen LogP contribution >= 0.6 is 0 Å². The van der Waals surface area contributed by atoms with Gasteiger partial charge in [0.1, 0.15) is 23.1 Å². The normalized spacial score (nSPS) is 10.4. The molecule has 5 nitrogen and oxygen atoms in total. The second-order valence-electron chi connectivity index (χ2n) is 5.86. The fourth-order valence-electron chi connectivity index (χ4n) is 2.38. The van der Waals surface area contributed by atoms with E-state index in [1.54, 1.807) is 42.5 Å². The molecule has 0 radical (unpaired) electrons. The second kappa shape index (κ2) is 7.23. The molecule has 0 bridgehead atoms. The largest absolute Gasteiger partial charge is 0.457 e. The van der Waals surface area contributed by atoms with Gasteiger partial charge in [0.2, 0.25) is 0 Å². The van der Waals surface area contributed by atoms with Gasteiger partial charge in [0.05, 0.1) is 5.56 Å². The first kappa shape index (κ1) is 17.4. The third-order valence-electron chi connectivity index (χ3n) is 3.88. The van der Waals surface area contributed by atoms with Crippen molar-refractivity contribution in [3.05, 3.63) is 77.2 Å². The molecule has 3 N–H and O–H groups in total. The molecular formula is C20H18FN3O2. The molecule has 2 aromatic carbocycles. The van der Waals surface area contributed by atoms with Gasteiger partial charge in [-0.3, -0.25) is 4.79 Å². The number of nitrogen functional groups attached to an aromatic ring is 1. The third kappa shape index (κ3) is 3.97. The summed E-state index contributed by atoms with van der Waals surface area (Å²) < 4.78 is 18.8. The van der Waals surface area contributed by atoms with Crippen molar-refractivity contribution < 1.29 is 13.9 Å². The first-order chi connectivity index (χ1) is 12.4. The maximum absolute atomic E-state index is 13.2. The Labute approximate surface area is 150 Å². The lowest BCUT2D eigenvalue weighted by atomic mass is 10.1. The number of carbonyl (C=O) groups excluding carboxylic acids is 1. The van der Waals surface area contributed by atoms with E-state index < -0.39 is 0 Å². The number of carbonyl (C=O) groups is 1. The third-order valence-corrected chi connectivity index (χ3v) is 3.88. The van der Waals surface area contributed by atoms with E-state index in [1.807, 2.05) is 13.8 Å². The molecule has 0 fully saturated rings. The number of hydrogen-bond acceptors (Lipinski definition) is 4. The molecular weight excluding hydrogens is 333 g/mol. The van der Waals surface area contributed by atoms with Crippen molar-refractivity contribution in [2.75, 3.05) is 11.1 Å². The zero-order valence-electron chi connectivity index (χ0n) is 14.4. The number of ether oxygens (including phenoxy) is 1. The SMILES string of the molecule is Cc1cc(C(=O)Nc2ccc(Oc3cccc(F)c3)cc2)c(N)nc1C. The van der Waals surface area contributed by atoms with E-state index in [1.165, 1.54) is 12.1 Å². The van der Waals surface area contributed by atoms with Gasteiger partial charge in [-0.2, -0.15) is 0 Å². The zero-order chi connectivity index (χ0) is 18.7.